The van der Waals surface area contributed by atoms with Gasteiger partial charge < -0.3 is 20.3 Å². The third-order valence-electron chi connectivity index (χ3n) is 4.19. The number of carbonyl (C=O) groups is 1. The summed E-state index contributed by atoms with van der Waals surface area (Å²) in [4.78, 5) is 17.2. The van der Waals surface area contributed by atoms with E-state index in [2.05, 4.69) is 20.4 Å². The lowest BCUT2D eigenvalue weighted by Crippen LogP contribution is -2.46. The van der Waals surface area contributed by atoms with Crippen LogP contribution in [0.15, 0.2) is 23.2 Å². The van der Waals surface area contributed by atoms with Crippen LogP contribution in [0.5, 0.6) is 0 Å². The molecule has 1 fully saturated rings. The Morgan fingerprint density at radius 1 is 1.44 bits per heavy atom. The maximum atomic E-state index is 13.9. The van der Waals surface area contributed by atoms with Crippen molar-refractivity contribution in [3.05, 3.63) is 29.8 Å². The molecule has 1 aromatic rings. The monoisotopic (exact) mass is 354 g/mol. The molecule has 25 heavy (non-hydrogen) atoms. The van der Waals surface area contributed by atoms with Crippen LogP contribution in [0.2, 0.25) is 0 Å². The van der Waals surface area contributed by atoms with Crippen molar-refractivity contribution in [2.45, 2.75) is 19.4 Å². The fourth-order valence-corrected chi connectivity index (χ4v) is 2.79. The highest BCUT2D eigenvalue weighted by Crippen LogP contribution is 2.26. The average molecular weight is 354 g/mol. The number of methoxy groups -OCH3 is 1. The number of halogens is 2. The Bertz CT molecular complexity index is 619. The number of para-hydroxylation sites is 1. The van der Waals surface area contributed by atoms with Crippen LogP contribution < -0.4 is 15.5 Å². The van der Waals surface area contributed by atoms with Gasteiger partial charge >= 0.3 is 5.97 Å². The number of hydrogen-bond donors (Lipinski definition) is 2. The van der Waals surface area contributed by atoms with Gasteiger partial charge in [0.1, 0.15) is 17.3 Å². The van der Waals surface area contributed by atoms with Gasteiger partial charge in [-0.15, -0.1) is 0 Å². The number of guanidine groups is 1. The van der Waals surface area contributed by atoms with Gasteiger partial charge in [-0.2, -0.15) is 0 Å². The molecule has 0 spiro atoms. The molecule has 0 aliphatic carbocycles. The van der Waals surface area contributed by atoms with Crippen LogP contribution in [-0.4, -0.2) is 51.8 Å². The van der Waals surface area contributed by atoms with Gasteiger partial charge in [-0.25, -0.2) is 8.78 Å². The van der Waals surface area contributed by atoms with E-state index in [4.69, 9.17) is 0 Å². The number of rotatable bonds is 5. The number of aliphatic imine (C=N–C) groups is 1. The molecule has 1 heterocycles. The summed E-state index contributed by atoms with van der Waals surface area (Å²) in [5, 5.41) is 6.28. The molecule has 1 saturated heterocycles. The molecule has 0 saturated carbocycles. The van der Waals surface area contributed by atoms with Gasteiger partial charge in [0.15, 0.2) is 5.96 Å². The molecule has 0 amide bonds. The molecule has 1 aliphatic rings. The highest BCUT2D eigenvalue weighted by molar-refractivity contribution is 5.81. The summed E-state index contributed by atoms with van der Waals surface area (Å²) in [7, 11) is 2.97. The Morgan fingerprint density at radius 2 is 2.12 bits per heavy atom. The maximum absolute atomic E-state index is 13.9. The molecule has 0 bridgehead atoms. The van der Waals surface area contributed by atoms with Crippen molar-refractivity contribution in [3.8, 4) is 0 Å². The third-order valence-corrected chi connectivity index (χ3v) is 4.19. The van der Waals surface area contributed by atoms with Crippen LogP contribution >= 0.6 is 0 Å². The van der Waals surface area contributed by atoms with Crippen molar-refractivity contribution >= 4 is 17.6 Å². The topological polar surface area (TPSA) is 66.0 Å². The maximum Gasteiger partial charge on any atom is 0.310 e. The number of nitrogens with one attached hydrogen (secondary N) is 2. The highest BCUT2D eigenvalue weighted by Gasteiger charge is 2.27. The lowest BCUT2D eigenvalue weighted by molar-refractivity contribution is -0.144. The van der Waals surface area contributed by atoms with Gasteiger partial charge in [0, 0.05) is 32.7 Å². The van der Waals surface area contributed by atoms with Crippen molar-refractivity contribution in [2.24, 2.45) is 10.9 Å². The summed E-state index contributed by atoms with van der Waals surface area (Å²) >= 11 is 0. The number of anilines is 1. The van der Waals surface area contributed by atoms with E-state index in [-0.39, 0.29) is 23.6 Å². The standard InChI is InChI=1S/C17H24F2N4O2/c1-11(16(24)25-3)9-21-17(20-2)22-12-7-8-23(10-12)15-13(18)5-4-6-14(15)19/h4-6,11-12H,7-10H2,1-3H3,(H2,20,21,22). The minimum absolute atomic E-state index is 0.00126. The molecule has 1 aromatic carbocycles. The Balaban J connectivity index is 1.90. The van der Waals surface area contributed by atoms with E-state index in [1.165, 1.54) is 25.3 Å². The van der Waals surface area contributed by atoms with Crippen LogP contribution in [0.3, 0.4) is 0 Å². The summed E-state index contributed by atoms with van der Waals surface area (Å²) in [6.45, 7) is 3.14. The van der Waals surface area contributed by atoms with E-state index in [0.29, 0.717) is 25.6 Å². The van der Waals surface area contributed by atoms with Crippen LogP contribution in [0.4, 0.5) is 14.5 Å². The van der Waals surface area contributed by atoms with E-state index < -0.39 is 11.6 Å². The van der Waals surface area contributed by atoms with Gasteiger partial charge in [0.05, 0.1) is 13.0 Å². The lowest BCUT2D eigenvalue weighted by Gasteiger charge is -2.21. The largest absolute Gasteiger partial charge is 0.469 e. The molecule has 2 N–H and O–H groups in total. The predicted molar refractivity (Wildman–Crippen MR) is 92.7 cm³/mol. The molecule has 1 aliphatic heterocycles. The number of nitrogens with zero attached hydrogens (tertiary/aromatic N) is 2. The van der Waals surface area contributed by atoms with E-state index in [1.807, 2.05) is 0 Å². The molecule has 0 aromatic heterocycles. The van der Waals surface area contributed by atoms with Gasteiger partial charge in [0.2, 0.25) is 0 Å². The summed E-state index contributed by atoms with van der Waals surface area (Å²) < 4.78 is 32.5. The first-order chi connectivity index (χ1) is 12.0. The number of carbonyl (C=O) groups excluding carboxylic acids is 1. The molecule has 138 valence electrons. The van der Waals surface area contributed by atoms with E-state index in [9.17, 15) is 13.6 Å². The second kappa shape index (κ2) is 8.64. The first-order valence-electron chi connectivity index (χ1n) is 8.20. The molecule has 2 unspecified atom stereocenters. The van der Waals surface area contributed by atoms with Crippen molar-refractivity contribution in [3.63, 3.8) is 0 Å². The molecular weight excluding hydrogens is 330 g/mol. The van der Waals surface area contributed by atoms with E-state index in [1.54, 1.807) is 18.9 Å². The molecule has 2 atom stereocenters. The smallest absolute Gasteiger partial charge is 0.310 e. The highest BCUT2D eigenvalue weighted by atomic mass is 19.1. The predicted octanol–water partition coefficient (Wildman–Crippen LogP) is 1.52. The van der Waals surface area contributed by atoms with Gasteiger partial charge in [-0.05, 0) is 18.6 Å². The minimum Gasteiger partial charge on any atom is -0.469 e. The first-order valence-corrected chi connectivity index (χ1v) is 8.20. The second-order valence-corrected chi connectivity index (χ2v) is 6.02. The van der Waals surface area contributed by atoms with Gasteiger partial charge in [-0.3, -0.25) is 9.79 Å². The Kier molecular flexibility index (Phi) is 6.55. The molecule has 6 nitrogen and oxygen atoms in total. The van der Waals surface area contributed by atoms with Gasteiger partial charge in [0.25, 0.3) is 0 Å². The summed E-state index contributed by atoms with van der Waals surface area (Å²) in [5.41, 5.74) is 0.00839. The number of ether oxygens (including phenoxy) is 1. The fraction of sp³-hybridized carbons (Fsp3) is 0.529. The zero-order valence-electron chi connectivity index (χ0n) is 14.7. The molecule has 2 rings (SSSR count). The molecular formula is C17H24F2N4O2. The van der Waals surface area contributed by atoms with Crippen molar-refractivity contribution in [2.75, 3.05) is 38.7 Å². The Hall–Kier alpha value is -2.38. The van der Waals surface area contributed by atoms with Crippen LogP contribution in [-0.2, 0) is 9.53 Å². The second-order valence-electron chi connectivity index (χ2n) is 6.02. The van der Waals surface area contributed by atoms with Crippen molar-refractivity contribution in [1.82, 2.24) is 10.6 Å². The molecule has 8 heteroatoms. The SMILES string of the molecule is CN=C(NCC(C)C(=O)OC)NC1CCN(c2c(F)cccc2F)C1. The summed E-state index contributed by atoms with van der Waals surface area (Å²) in [6.07, 6.45) is 0.723. The van der Waals surface area contributed by atoms with Crippen LogP contribution in [0.1, 0.15) is 13.3 Å². The zero-order valence-corrected chi connectivity index (χ0v) is 14.7. The number of hydrogen-bond acceptors (Lipinski definition) is 4. The Labute approximate surface area is 146 Å². The van der Waals surface area contributed by atoms with E-state index in [0.717, 1.165) is 6.42 Å². The number of benzene rings is 1. The first kappa shape index (κ1) is 19.0. The fourth-order valence-electron chi connectivity index (χ4n) is 2.79. The van der Waals surface area contributed by atoms with Crippen LogP contribution in [0, 0.1) is 17.6 Å². The van der Waals surface area contributed by atoms with Crippen molar-refractivity contribution < 1.29 is 18.3 Å². The average Bonchev–Trinajstić information content (AvgIpc) is 3.05. The Morgan fingerprint density at radius 3 is 2.72 bits per heavy atom. The van der Waals surface area contributed by atoms with Gasteiger partial charge in [-0.1, -0.05) is 13.0 Å². The van der Waals surface area contributed by atoms with E-state index >= 15 is 0 Å². The quantitative estimate of drug-likeness (QED) is 0.477. The number of esters is 1. The normalized spacial score (nSPS) is 18.8. The third kappa shape index (κ3) is 4.80. The zero-order chi connectivity index (χ0) is 18.4. The summed E-state index contributed by atoms with van der Waals surface area (Å²) in [5.74, 6) is -1.19. The summed E-state index contributed by atoms with van der Waals surface area (Å²) in [6, 6.07) is 3.87. The van der Waals surface area contributed by atoms with Crippen LogP contribution in [0.25, 0.3) is 0 Å². The lowest BCUT2D eigenvalue weighted by atomic mass is 10.2. The molecule has 0 radical (unpaired) electrons. The minimum atomic E-state index is -0.560. The van der Waals surface area contributed by atoms with Crippen molar-refractivity contribution in [1.29, 1.82) is 0 Å².